The second-order valence-electron chi connectivity index (χ2n) is 7.02. The standard InChI is InChI=1S/C17H29N3O/c1-3-6-18-17(21)13(2)19-7-9-20(10-8-19)16-12-14-4-5-15(16)11-14/h3,13-16H,1,4-12H2,2H3,(H,18,21). The Morgan fingerprint density at radius 2 is 2.05 bits per heavy atom. The van der Waals surface area contributed by atoms with Crippen LogP contribution in [0.15, 0.2) is 12.7 Å². The summed E-state index contributed by atoms with van der Waals surface area (Å²) in [5.41, 5.74) is 0. The van der Waals surface area contributed by atoms with E-state index >= 15 is 0 Å². The normalized spacial score (nSPS) is 34.8. The van der Waals surface area contributed by atoms with E-state index in [0.29, 0.717) is 6.54 Å². The van der Waals surface area contributed by atoms with Crippen molar-refractivity contribution in [2.24, 2.45) is 11.8 Å². The van der Waals surface area contributed by atoms with Crippen LogP contribution in [0.3, 0.4) is 0 Å². The summed E-state index contributed by atoms with van der Waals surface area (Å²) >= 11 is 0. The molecule has 4 atom stereocenters. The van der Waals surface area contributed by atoms with Crippen LogP contribution in [0.25, 0.3) is 0 Å². The fraction of sp³-hybridized carbons (Fsp3) is 0.824. The molecule has 2 bridgehead atoms. The van der Waals surface area contributed by atoms with Gasteiger partial charge in [0.2, 0.25) is 5.91 Å². The molecule has 2 saturated carbocycles. The van der Waals surface area contributed by atoms with Crippen LogP contribution in [-0.2, 0) is 4.79 Å². The lowest BCUT2D eigenvalue weighted by Crippen LogP contribution is -2.56. The number of nitrogens with one attached hydrogen (secondary N) is 1. The highest BCUT2D eigenvalue weighted by atomic mass is 16.2. The average Bonchev–Trinajstić information content (AvgIpc) is 3.15. The van der Waals surface area contributed by atoms with E-state index in [4.69, 9.17) is 0 Å². The molecule has 1 N–H and O–H groups in total. The molecular formula is C17H29N3O. The molecule has 4 heteroatoms. The summed E-state index contributed by atoms with van der Waals surface area (Å²) in [6.45, 7) is 10.5. The maximum atomic E-state index is 12.0. The van der Waals surface area contributed by atoms with Gasteiger partial charge in [0, 0.05) is 38.8 Å². The van der Waals surface area contributed by atoms with Crippen LogP contribution in [0, 0.1) is 11.8 Å². The second kappa shape index (κ2) is 6.49. The van der Waals surface area contributed by atoms with Crippen molar-refractivity contribution in [2.45, 2.75) is 44.7 Å². The van der Waals surface area contributed by atoms with E-state index in [0.717, 1.165) is 44.1 Å². The number of amides is 1. The van der Waals surface area contributed by atoms with Crippen molar-refractivity contribution in [3.63, 3.8) is 0 Å². The summed E-state index contributed by atoms with van der Waals surface area (Å²) in [5, 5.41) is 2.91. The second-order valence-corrected chi connectivity index (χ2v) is 7.02. The molecule has 2 aliphatic carbocycles. The van der Waals surface area contributed by atoms with Crippen molar-refractivity contribution in [1.29, 1.82) is 0 Å². The van der Waals surface area contributed by atoms with Crippen LogP contribution in [-0.4, -0.2) is 60.5 Å². The number of carbonyl (C=O) groups excluding carboxylic acids is 1. The zero-order valence-electron chi connectivity index (χ0n) is 13.3. The molecule has 0 spiro atoms. The first-order chi connectivity index (χ1) is 10.2. The van der Waals surface area contributed by atoms with Crippen molar-refractivity contribution < 1.29 is 4.79 Å². The molecule has 4 nitrogen and oxygen atoms in total. The number of piperazine rings is 1. The maximum Gasteiger partial charge on any atom is 0.237 e. The van der Waals surface area contributed by atoms with Crippen molar-refractivity contribution in [3.8, 4) is 0 Å². The third-order valence-electron chi connectivity index (χ3n) is 5.87. The molecule has 0 aromatic heterocycles. The molecular weight excluding hydrogens is 262 g/mol. The number of hydrogen-bond acceptors (Lipinski definition) is 3. The molecule has 3 fully saturated rings. The van der Waals surface area contributed by atoms with Gasteiger partial charge in [-0.15, -0.1) is 6.58 Å². The fourth-order valence-electron chi connectivity index (χ4n) is 4.60. The van der Waals surface area contributed by atoms with E-state index in [2.05, 4.69) is 21.7 Å². The molecule has 118 valence electrons. The van der Waals surface area contributed by atoms with Crippen molar-refractivity contribution in [2.75, 3.05) is 32.7 Å². The average molecular weight is 291 g/mol. The van der Waals surface area contributed by atoms with Crippen LogP contribution in [0.4, 0.5) is 0 Å². The molecule has 3 aliphatic rings. The summed E-state index contributed by atoms with van der Waals surface area (Å²) < 4.78 is 0. The van der Waals surface area contributed by atoms with E-state index in [9.17, 15) is 4.79 Å². The molecule has 21 heavy (non-hydrogen) atoms. The Labute approximate surface area is 128 Å². The first-order valence-corrected chi connectivity index (χ1v) is 8.55. The van der Waals surface area contributed by atoms with Gasteiger partial charge >= 0.3 is 0 Å². The molecule has 3 rings (SSSR count). The third kappa shape index (κ3) is 3.16. The van der Waals surface area contributed by atoms with Crippen LogP contribution >= 0.6 is 0 Å². The van der Waals surface area contributed by atoms with Crippen LogP contribution < -0.4 is 5.32 Å². The Hall–Kier alpha value is -0.870. The van der Waals surface area contributed by atoms with Gasteiger partial charge in [0.1, 0.15) is 0 Å². The van der Waals surface area contributed by atoms with Crippen LogP contribution in [0.1, 0.15) is 32.6 Å². The summed E-state index contributed by atoms with van der Waals surface area (Å²) in [4.78, 5) is 17.1. The molecule has 0 aromatic rings. The SMILES string of the molecule is C=CCNC(=O)C(C)N1CCN(C2CC3CCC2C3)CC1. The maximum absolute atomic E-state index is 12.0. The van der Waals surface area contributed by atoms with E-state index in [1.54, 1.807) is 6.08 Å². The number of rotatable bonds is 5. The smallest absolute Gasteiger partial charge is 0.237 e. The summed E-state index contributed by atoms with van der Waals surface area (Å²) in [5.74, 6) is 2.11. The lowest BCUT2D eigenvalue weighted by Gasteiger charge is -2.42. The van der Waals surface area contributed by atoms with Gasteiger partial charge < -0.3 is 5.32 Å². The van der Waals surface area contributed by atoms with Gasteiger partial charge in [-0.2, -0.15) is 0 Å². The Kier molecular flexibility index (Phi) is 4.65. The van der Waals surface area contributed by atoms with Crippen LogP contribution in [0.2, 0.25) is 0 Å². The Morgan fingerprint density at radius 3 is 2.62 bits per heavy atom. The molecule has 1 amide bonds. The van der Waals surface area contributed by atoms with Crippen LogP contribution in [0.5, 0.6) is 0 Å². The first-order valence-electron chi connectivity index (χ1n) is 8.55. The van der Waals surface area contributed by atoms with Crippen molar-refractivity contribution >= 4 is 5.91 Å². The van der Waals surface area contributed by atoms with Gasteiger partial charge in [0.05, 0.1) is 6.04 Å². The zero-order valence-corrected chi connectivity index (χ0v) is 13.3. The third-order valence-corrected chi connectivity index (χ3v) is 5.87. The minimum Gasteiger partial charge on any atom is -0.351 e. The van der Waals surface area contributed by atoms with E-state index < -0.39 is 0 Å². The zero-order chi connectivity index (χ0) is 14.8. The van der Waals surface area contributed by atoms with Gasteiger partial charge in [-0.05, 0) is 38.0 Å². The predicted molar refractivity (Wildman–Crippen MR) is 85.1 cm³/mol. The number of fused-ring (bicyclic) bond motifs is 2. The summed E-state index contributed by atoms with van der Waals surface area (Å²) in [6.07, 6.45) is 7.57. The molecule has 1 aliphatic heterocycles. The fourth-order valence-corrected chi connectivity index (χ4v) is 4.60. The number of hydrogen-bond donors (Lipinski definition) is 1. The predicted octanol–water partition coefficient (Wildman–Crippen LogP) is 1.48. The lowest BCUT2D eigenvalue weighted by molar-refractivity contribution is -0.126. The van der Waals surface area contributed by atoms with Gasteiger partial charge in [-0.3, -0.25) is 14.6 Å². The lowest BCUT2D eigenvalue weighted by atomic mass is 9.93. The van der Waals surface area contributed by atoms with E-state index in [1.807, 2.05) is 6.92 Å². The highest BCUT2D eigenvalue weighted by Gasteiger charge is 2.43. The quantitative estimate of drug-likeness (QED) is 0.780. The van der Waals surface area contributed by atoms with E-state index in [1.165, 1.54) is 25.7 Å². The topological polar surface area (TPSA) is 35.6 Å². The Bertz CT molecular complexity index is 389. The number of carbonyl (C=O) groups is 1. The molecule has 0 aromatic carbocycles. The van der Waals surface area contributed by atoms with Crippen molar-refractivity contribution in [1.82, 2.24) is 15.1 Å². The number of nitrogens with zero attached hydrogens (tertiary/aromatic N) is 2. The largest absolute Gasteiger partial charge is 0.351 e. The highest BCUT2D eigenvalue weighted by molar-refractivity contribution is 5.81. The highest BCUT2D eigenvalue weighted by Crippen LogP contribution is 2.46. The van der Waals surface area contributed by atoms with E-state index in [-0.39, 0.29) is 11.9 Å². The first kappa shape index (κ1) is 15.0. The van der Waals surface area contributed by atoms with Gasteiger partial charge in [0.15, 0.2) is 0 Å². The molecule has 1 saturated heterocycles. The molecule has 0 radical (unpaired) electrons. The Balaban J connectivity index is 1.46. The minimum atomic E-state index is -0.0212. The van der Waals surface area contributed by atoms with Gasteiger partial charge in [-0.25, -0.2) is 0 Å². The van der Waals surface area contributed by atoms with Gasteiger partial charge in [0.25, 0.3) is 0 Å². The van der Waals surface area contributed by atoms with Crippen molar-refractivity contribution in [3.05, 3.63) is 12.7 Å². The summed E-state index contributed by atoms with van der Waals surface area (Å²) in [6, 6.07) is 0.822. The molecule has 4 unspecified atom stereocenters. The summed E-state index contributed by atoms with van der Waals surface area (Å²) in [7, 11) is 0. The molecule has 1 heterocycles. The minimum absolute atomic E-state index is 0.0212. The van der Waals surface area contributed by atoms with Gasteiger partial charge in [-0.1, -0.05) is 12.5 Å². The Morgan fingerprint density at radius 1 is 1.29 bits per heavy atom. The monoisotopic (exact) mass is 291 g/mol.